The summed E-state index contributed by atoms with van der Waals surface area (Å²) in [6, 6.07) is 17.4. The van der Waals surface area contributed by atoms with Crippen molar-refractivity contribution in [1.82, 2.24) is 14.8 Å². The van der Waals surface area contributed by atoms with Gasteiger partial charge in [-0.1, -0.05) is 54.2 Å². The third kappa shape index (κ3) is 4.40. The third-order valence-corrected chi connectivity index (χ3v) is 6.04. The molecule has 0 N–H and O–H groups in total. The summed E-state index contributed by atoms with van der Waals surface area (Å²) in [6.45, 7) is 0.717. The smallest absolute Gasteiger partial charge is 0.227 e. The molecule has 1 amide bonds. The Morgan fingerprint density at radius 2 is 1.93 bits per heavy atom. The molecule has 0 bridgehead atoms. The molecule has 0 unspecified atom stereocenters. The molecule has 6 nitrogen and oxygen atoms in total. The van der Waals surface area contributed by atoms with Crippen LogP contribution in [0.4, 0.5) is 5.69 Å². The molecule has 1 fully saturated rings. The van der Waals surface area contributed by atoms with E-state index in [1.807, 2.05) is 48.0 Å². The van der Waals surface area contributed by atoms with Crippen molar-refractivity contribution in [3.63, 3.8) is 0 Å². The zero-order valence-electron chi connectivity index (χ0n) is 16.2. The van der Waals surface area contributed by atoms with Crippen molar-refractivity contribution in [3.05, 3.63) is 71.5 Å². The molecule has 2 aromatic carbocycles. The van der Waals surface area contributed by atoms with E-state index in [9.17, 15) is 9.59 Å². The summed E-state index contributed by atoms with van der Waals surface area (Å²) < 4.78 is 1.93. The fourth-order valence-electron chi connectivity index (χ4n) is 3.38. The van der Waals surface area contributed by atoms with Gasteiger partial charge in [-0.3, -0.25) is 9.59 Å². The van der Waals surface area contributed by atoms with Gasteiger partial charge in [0, 0.05) is 37.7 Å². The Kier molecular flexibility index (Phi) is 5.76. The van der Waals surface area contributed by atoms with Gasteiger partial charge in [-0.25, -0.2) is 0 Å². The maximum absolute atomic E-state index is 12.7. The number of carbonyl (C=O) groups excluding carboxylic acids is 2. The van der Waals surface area contributed by atoms with Crippen LogP contribution in [0.5, 0.6) is 0 Å². The predicted molar refractivity (Wildman–Crippen MR) is 113 cm³/mol. The molecule has 3 aromatic rings. The second-order valence-corrected chi connectivity index (χ2v) is 7.97. The molecular weight excluding hydrogens is 384 g/mol. The van der Waals surface area contributed by atoms with Crippen molar-refractivity contribution in [3.8, 4) is 0 Å². The predicted octanol–water partition coefficient (Wildman–Crippen LogP) is 3.51. The minimum absolute atomic E-state index is 0.0103. The van der Waals surface area contributed by atoms with Gasteiger partial charge in [-0.15, -0.1) is 10.2 Å². The highest BCUT2D eigenvalue weighted by molar-refractivity contribution is 7.99. The maximum Gasteiger partial charge on any atom is 0.227 e. The zero-order chi connectivity index (χ0) is 20.2. The van der Waals surface area contributed by atoms with Gasteiger partial charge in [-0.2, -0.15) is 0 Å². The Morgan fingerprint density at radius 3 is 2.69 bits per heavy atom. The molecule has 0 spiro atoms. The van der Waals surface area contributed by atoms with Crippen molar-refractivity contribution in [2.45, 2.75) is 24.4 Å². The zero-order valence-corrected chi connectivity index (χ0v) is 17.1. The standard InChI is InChI=1S/C22H22N4O2S/c1-25-20(13-16-7-3-2-4-8-16)23-24-22(25)29-15-19(27)17-9-5-10-18(14-17)26-12-6-11-21(26)28/h2-5,7-10,14H,6,11-13,15H2,1H3. The van der Waals surface area contributed by atoms with E-state index < -0.39 is 0 Å². The highest BCUT2D eigenvalue weighted by atomic mass is 32.2. The number of nitrogens with zero attached hydrogens (tertiary/aromatic N) is 4. The van der Waals surface area contributed by atoms with Gasteiger partial charge in [0.05, 0.1) is 5.75 Å². The first kappa shape index (κ1) is 19.4. The molecular formula is C22H22N4O2S. The Bertz CT molecular complexity index is 1030. The highest BCUT2D eigenvalue weighted by Gasteiger charge is 2.22. The SMILES string of the molecule is Cn1c(Cc2ccccc2)nnc1SCC(=O)c1cccc(N2CCCC2=O)c1. The number of anilines is 1. The largest absolute Gasteiger partial charge is 0.312 e. The first-order valence-electron chi connectivity index (χ1n) is 9.60. The van der Waals surface area contributed by atoms with Crippen molar-refractivity contribution in [1.29, 1.82) is 0 Å². The second kappa shape index (κ2) is 8.61. The van der Waals surface area contributed by atoms with Crippen LogP contribution in [0.1, 0.15) is 34.6 Å². The van der Waals surface area contributed by atoms with Gasteiger partial charge in [-0.05, 0) is 24.1 Å². The molecule has 0 atom stereocenters. The number of Topliss-reactive ketones (excluding diaryl/α,β-unsaturated/α-hetero) is 1. The molecule has 2 heterocycles. The number of hydrogen-bond donors (Lipinski definition) is 0. The molecule has 0 aliphatic carbocycles. The Balaban J connectivity index is 1.41. The Labute approximate surface area is 173 Å². The number of carbonyl (C=O) groups is 2. The molecule has 1 aliphatic heterocycles. The fraction of sp³-hybridized carbons (Fsp3) is 0.273. The third-order valence-electron chi connectivity index (χ3n) is 5.02. The van der Waals surface area contributed by atoms with Gasteiger partial charge in [0.15, 0.2) is 10.9 Å². The minimum atomic E-state index is 0.0103. The van der Waals surface area contributed by atoms with E-state index in [1.54, 1.807) is 11.0 Å². The van der Waals surface area contributed by atoms with E-state index in [0.717, 1.165) is 23.1 Å². The molecule has 29 heavy (non-hydrogen) atoms. The number of aromatic nitrogens is 3. The number of ketones is 1. The van der Waals surface area contributed by atoms with E-state index in [1.165, 1.54) is 17.3 Å². The van der Waals surface area contributed by atoms with Gasteiger partial charge < -0.3 is 9.47 Å². The Morgan fingerprint density at radius 1 is 1.10 bits per heavy atom. The van der Waals surface area contributed by atoms with Gasteiger partial charge >= 0.3 is 0 Å². The summed E-state index contributed by atoms with van der Waals surface area (Å²) in [5.41, 5.74) is 2.58. The lowest BCUT2D eigenvalue weighted by Gasteiger charge is -2.16. The van der Waals surface area contributed by atoms with Crippen molar-refractivity contribution in [2.75, 3.05) is 17.2 Å². The number of amides is 1. The average molecular weight is 407 g/mol. The van der Waals surface area contributed by atoms with E-state index in [4.69, 9.17) is 0 Å². The lowest BCUT2D eigenvalue weighted by atomic mass is 10.1. The molecule has 1 aliphatic rings. The normalized spacial score (nSPS) is 13.8. The summed E-state index contributed by atoms with van der Waals surface area (Å²) in [6.07, 6.45) is 2.14. The van der Waals surface area contributed by atoms with E-state index in [2.05, 4.69) is 22.3 Å². The number of rotatable bonds is 7. The number of hydrogen-bond acceptors (Lipinski definition) is 5. The van der Waals surface area contributed by atoms with Crippen LogP contribution in [0.25, 0.3) is 0 Å². The van der Waals surface area contributed by atoms with E-state index in [0.29, 0.717) is 24.9 Å². The van der Waals surface area contributed by atoms with Crippen LogP contribution < -0.4 is 4.90 Å². The van der Waals surface area contributed by atoms with Crippen LogP contribution in [0.15, 0.2) is 59.8 Å². The van der Waals surface area contributed by atoms with Gasteiger partial charge in [0.1, 0.15) is 5.82 Å². The average Bonchev–Trinajstić information content (AvgIpc) is 3.33. The molecule has 7 heteroatoms. The lowest BCUT2D eigenvalue weighted by Crippen LogP contribution is -2.23. The quantitative estimate of drug-likeness (QED) is 0.444. The van der Waals surface area contributed by atoms with Crippen LogP contribution in [-0.2, 0) is 18.3 Å². The maximum atomic E-state index is 12.7. The van der Waals surface area contributed by atoms with E-state index >= 15 is 0 Å². The van der Waals surface area contributed by atoms with Gasteiger partial charge in [0.25, 0.3) is 0 Å². The molecule has 1 aromatic heterocycles. The van der Waals surface area contributed by atoms with Crippen LogP contribution >= 0.6 is 11.8 Å². The van der Waals surface area contributed by atoms with E-state index in [-0.39, 0.29) is 17.4 Å². The van der Waals surface area contributed by atoms with Crippen LogP contribution in [-0.4, -0.2) is 38.8 Å². The lowest BCUT2D eigenvalue weighted by molar-refractivity contribution is -0.117. The molecule has 1 saturated heterocycles. The summed E-state index contributed by atoms with van der Waals surface area (Å²) >= 11 is 1.38. The van der Waals surface area contributed by atoms with Crippen LogP contribution in [0.3, 0.4) is 0 Å². The number of benzene rings is 2. The second-order valence-electron chi connectivity index (χ2n) is 7.03. The molecule has 0 radical (unpaired) electrons. The molecule has 148 valence electrons. The minimum Gasteiger partial charge on any atom is -0.312 e. The summed E-state index contributed by atoms with van der Waals surface area (Å²) in [5.74, 6) is 1.26. The first-order valence-corrected chi connectivity index (χ1v) is 10.6. The Hall–Kier alpha value is -2.93. The van der Waals surface area contributed by atoms with Crippen molar-refractivity contribution < 1.29 is 9.59 Å². The summed E-state index contributed by atoms with van der Waals surface area (Å²) in [4.78, 5) is 26.4. The molecule has 0 saturated carbocycles. The molecule has 4 rings (SSSR count). The summed E-state index contributed by atoms with van der Waals surface area (Å²) in [7, 11) is 1.92. The first-order chi connectivity index (χ1) is 14.1. The fourth-order valence-corrected chi connectivity index (χ4v) is 4.21. The number of thioether (sulfide) groups is 1. The van der Waals surface area contributed by atoms with Crippen molar-refractivity contribution in [2.24, 2.45) is 7.05 Å². The van der Waals surface area contributed by atoms with Crippen molar-refractivity contribution >= 4 is 29.1 Å². The monoisotopic (exact) mass is 406 g/mol. The van der Waals surface area contributed by atoms with Crippen LogP contribution in [0.2, 0.25) is 0 Å². The highest BCUT2D eigenvalue weighted by Crippen LogP contribution is 2.24. The van der Waals surface area contributed by atoms with Crippen LogP contribution in [0, 0.1) is 0 Å². The summed E-state index contributed by atoms with van der Waals surface area (Å²) in [5, 5.41) is 9.23. The van der Waals surface area contributed by atoms with Gasteiger partial charge in [0.2, 0.25) is 5.91 Å². The topological polar surface area (TPSA) is 68.1 Å².